The minimum atomic E-state index is 1.20. The Hall–Kier alpha value is -5.66. The summed E-state index contributed by atoms with van der Waals surface area (Å²) >= 11 is 0. The molecule has 7 aromatic carbocycles. The van der Waals surface area contributed by atoms with Crippen molar-refractivity contribution in [2.24, 2.45) is 0 Å². The molecule has 0 saturated heterocycles. The third-order valence-corrected chi connectivity index (χ3v) is 9.49. The van der Waals surface area contributed by atoms with Crippen LogP contribution in [0.4, 0.5) is 0 Å². The number of aromatic nitrogens is 1. The predicted molar refractivity (Wildman–Crippen MR) is 183 cm³/mol. The lowest BCUT2D eigenvalue weighted by Gasteiger charge is -2.15. The number of hydrogen-bond donors (Lipinski definition) is 0. The van der Waals surface area contributed by atoms with Crippen LogP contribution in [-0.2, 0) is 0 Å². The first-order valence-electron chi connectivity index (χ1n) is 15.0. The normalized spacial score (nSPS) is 12.2. The summed E-state index contributed by atoms with van der Waals surface area (Å²) in [5.74, 6) is 0. The molecule has 8 aromatic rings. The van der Waals surface area contributed by atoms with E-state index in [0.717, 1.165) is 0 Å². The van der Waals surface area contributed by atoms with Crippen LogP contribution < -0.4 is 0 Å². The summed E-state index contributed by atoms with van der Waals surface area (Å²) in [6.07, 6.45) is 0. The van der Waals surface area contributed by atoms with Gasteiger partial charge in [-0.3, -0.25) is 0 Å². The van der Waals surface area contributed by atoms with Gasteiger partial charge in [0.15, 0.2) is 0 Å². The van der Waals surface area contributed by atoms with E-state index in [4.69, 9.17) is 0 Å². The van der Waals surface area contributed by atoms with Gasteiger partial charge in [0, 0.05) is 21.9 Å². The van der Waals surface area contributed by atoms with Gasteiger partial charge in [-0.15, -0.1) is 0 Å². The number of fused-ring (bicyclic) bond motifs is 3. The average Bonchev–Trinajstić information content (AvgIpc) is 3.54. The second-order valence-corrected chi connectivity index (χ2v) is 11.6. The van der Waals surface area contributed by atoms with E-state index < -0.39 is 0 Å². The fraction of sp³-hybridized carbons (Fsp3) is 0. The van der Waals surface area contributed by atoms with E-state index in [1.807, 2.05) is 0 Å². The SMILES string of the molecule is c1ccc(-c2ccccc2-n2c3ccc4c5c3c3c6c(cccc6c(-c6ccccc6)c-5c5ccccc54)ccc32)cc1. The van der Waals surface area contributed by atoms with Gasteiger partial charge in [-0.25, -0.2) is 0 Å². The fourth-order valence-electron chi connectivity index (χ4n) is 7.82. The van der Waals surface area contributed by atoms with Gasteiger partial charge in [-0.2, -0.15) is 0 Å². The molecule has 1 aromatic heterocycles. The third kappa shape index (κ3) is 2.96. The van der Waals surface area contributed by atoms with Crippen molar-refractivity contribution >= 4 is 54.1 Å². The van der Waals surface area contributed by atoms with E-state index in [0.29, 0.717) is 0 Å². The molecular weight excluding hydrogens is 518 g/mol. The zero-order valence-corrected chi connectivity index (χ0v) is 23.4. The van der Waals surface area contributed by atoms with Crippen molar-refractivity contribution in [3.8, 4) is 39.1 Å². The maximum atomic E-state index is 2.51. The van der Waals surface area contributed by atoms with Crippen molar-refractivity contribution in [2.45, 2.75) is 0 Å². The third-order valence-electron chi connectivity index (χ3n) is 9.49. The molecule has 43 heavy (non-hydrogen) atoms. The minimum Gasteiger partial charge on any atom is -0.309 e. The number of para-hydroxylation sites is 1. The van der Waals surface area contributed by atoms with Gasteiger partial charge < -0.3 is 4.57 Å². The standard InChI is InChI=1S/C42H25N/c1-3-12-26(13-4-1)29-17-9-10-21-34(29)43-35-24-22-28-16-11-20-33-37(27-14-5-2-6-15-27)39-31-19-8-7-18-30(31)32-23-25-36(43)42(40(32)39)41(35)38(28)33/h1-25H. The molecule has 1 heterocycles. The maximum absolute atomic E-state index is 2.51. The molecule has 0 spiro atoms. The summed E-state index contributed by atoms with van der Waals surface area (Å²) in [5.41, 5.74) is 11.5. The molecule has 0 bridgehead atoms. The lowest BCUT2D eigenvalue weighted by atomic mass is 9.92. The van der Waals surface area contributed by atoms with Gasteiger partial charge in [0.2, 0.25) is 0 Å². The van der Waals surface area contributed by atoms with Crippen LogP contribution in [0.25, 0.3) is 93.2 Å². The van der Waals surface area contributed by atoms with Crippen molar-refractivity contribution < 1.29 is 0 Å². The van der Waals surface area contributed by atoms with Gasteiger partial charge in [0.25, 0.3) is 0 Å². The van der Waals surface area contributed by atoms with E-state index >= 15 is 0 Å². The van der Waals surface area contributed by atoms with Crippen LogP contribution in [-0.4, -0.2) is 4.57 Å². The molecule has 0 aliphatic heterocycles. The lowest BCUT2D eigenvalue weighted by molar-refractivity contribution is 1.18. The lowest BCUT2D eigenvalue weighted by Crippen LogP contribution is -1.97. The van der Waals surface area contributed by atoms with Gasteiger partial charge in [0.05, 0.1) is 16.7 Å². The van der Waals surface area contributed by atoms with Crippen molar-refractivity contribution in [3.63, 3.8) is 0 Å². The van der Waals surface area contributed by atoms with E-state index in [2.05, 4.69) is 156 Å². The predicted octanol–water partition coefficient (Wildman–Crippen LogP) is 11.6. The van der Waals surface area contributed by atoms with E-state index in [1.54, 1.807) is 0 Å². The van der Waals surface area contributed by atoms with E-state index in [-0.39, 0.29) is 0 Å². The van der Waals surface area contributed by atoms with Crippen LogP contribution in [0.3, 0.4) is 0 Å². The Morgan fingerprint density at radius 2 is 0.953 bits per heavy atom. The highest BCUT2D eigenvalue weighted by Crippen LogP contribution is 2.55. The Labute approximate surface area is 248 Å². The molecule has 0 radical (unpaired) electrons. The van der Waals surface area contributed by atoms with Crippen molar-refractivity contribution in [3.05, 3.63) is 152 Å². The molecule has 0 unspecified atom stereocenters. The first-order chi connectivity index (χ1) is 21.4. The van der Waals surface area contributed by atoms with Crippen molar-refractivity contribution in [2.75, 3.05) is 0 Å². The number of hydrogen-bond acceptors (Lipinski definition) is 0. The van der Waals surface area contributed by atoms with Crippen LogP contribution in [0.2, 0.25) is 0 Å². The monoisotopic (exact) mass is 543 g/mol. The molecule has 0 atom stereocenters. The number of nitrogens with zero attached hydrogens (tertiary/aromatic N) is 1. The first kappa shape index (κ1) is 23.0. The topological polar surface area (TPSA) is 4.93 Å². The Morgan fingerprint density at radius 1 is 0.326 bits per heavy atom. The van der Waals surface area contributed by atoms with E-state index in [1.165, 1.54) is 93.2 Å². The highest BCUT2D eigenvalue weighted by Gasteiger charge is 2.29. The highest BCUT2D eigenvalue weighted by molar-refractivity contribution is 6.39. The van der Waals surface area contributed by atoms with Crippen LogP contribution in [0.5, 0.6) is 0 Å². The largest absolute Gasteiger partial charge is 0.309 e. The van der Waals surface area contributed by atoms with Gasteiger partial charge in [-0.05, 0) is 72.8 Å². The summed E-state index contributed by atoms with van der Waals surface area (Å²) in [6.45, 7) is 0. The molecule has 1 nitrogen and oxygen atoms in total. The molecule has 0 amide bonds. The van der Waals surface area contributed by atoms with Crippen LogP contribution in [0.15, 0.2) is 152 Å². The summed E-state index contributed by atoms with van der Waals surface area (Å²) in [6, 6.07) is 55.8. The Kier molecular flexibility index (Phi) is 4.51. The van der Waals surface area contributed by atoms with E-state index in [9.17, 15) is 0 Å². The smallest absolute Gasteiger partial charge is 0.0548 e. The molecule has 0 fully saturated rings. The molecule has 0 saturated carbocycles. The zero-order valence-electron chi connectivity index (χ0n) is 23.4. The summed E-state index contributed by atoms with van der Waals surface area (Å²) in [5, 5.41) is 10.6. The summed E-state index contributed by atoms with van der Waals surface area (Å²) < 4.78 is 2.51. The Balaban J connectivity index is 1.50. The van der Waals surface area contributed by atoms with Crippen LogP contribution >= 0.6 is 0 Å². The van der Waals surface area contributed by atoms with Crippen molar-refractivity contribution in [1.29, 1.82) is 0 Å². The second kappa shape index (κ2) is 8.44. The minimum absolute atomic E-state index is 1.20. The second-order valence-electron chi connectivity index (χ2n) is 11.6. The first-order valence-corrected chi connectivity index (χ1v) is 15.0. The molecule has 2 aliphatic rings. The van der Waals surface area contributed by atoms with Gasteiger partial charge >= 0.3 is 0 Å². The van der Waals surface area contributed by atoms with Crippen molar-refractivity contribution in [1.82, 2.24) is 4.57 Å². The average molecular weight is 544 g/mol. The molecule has 1 heteroatoms. The van der Waals surface area contributed by atoms with Gasteiger partial charge in [-0.1, -0.05) is 133 Å². The van der Waals surface area contributed by atoms with Gasteiger partial charge in [0.1, 0.15) is 0 Å². The quantitative estimate of drug-likeness (QED) is 0.209. The molecule has 198 valence electrons. The number of benzene rings is 7. The highest BCUT2D eigenvalue weighted by atomic mass is 15.0. The Bertz CT molecular complexity index is 2590. The molecule has 10 rings (SSSR count). The number of rotatable bonds is 3. The summed E-state index contributed by atoms with van der Waals surface area (Å²) in [4.78, 5) is 0. The van der Waals surface area contributed by atoms with Crippen LogP contribution in [0.1, 0.15) is 0 Å². The maximum Gasteiger partial charge on any atom is 0.0548 e. The molecular formula is C42H25N. The zero-order chi connectivity index (χ0) is 28.1. The van der Waals surface area contributed by atoms with Crippen LogP contribution in [0, 0.1) is 0 Å². The molecule has 2 aliphatic carbocycles. The molecule has 0 N–H and O–H groups in total. The Morgan fingerprint density at radius 3 is 1.79 bits per heavy atom. The summed E-state index contributed by atoms with van der Waals surface area (Å²) in [7, 11) is 0. The fourth-order valence-corrected chi connectivity index (χ4v) is 7.82.